The predicted molar refractivity (Wildman–Crippen MR) is 69.2 cm³/mol. The van der Waals surface area contributed by atoms with Crippen molar-refractivity contribution in [3.8, 4) is 0 Å². The maximum absolute atomic E-state index is 11.7. The maximum atomic E-state index is 11.7. The van der Waals surface area contributed by atoms with E-state index in [-0.39, 0.29) is 30.0 Å². The van der Waals surface area contributed by atoms with Crippen LogP contribution < -0.4 is 0 Å². The number of fused-ring (bicyclic) bond motifs is 3. The topological polar surface area (TPSA) is 66.8 Å². The molecule has 4 nitrogen and oxygen atoms in total. The monoisotopic (exact) mass is 264 g/mol. The fraction of sp³-hybridized carbons (Fsp3) is 0.667. The fourth-order valence-electron chi connectivity index (χ4n) is 3.99. The van der Waals surface area contributed by atoms with Gasteiger partial charge in [0.05, 0.1) is 12.7 Å². The number of esters is 1. The summed E-state index contributed by atoms with van der Waals surface area (Å²) < 4.78 is 5.47. The second kappa shape index (κ2) is 4.18. The first-order valence-corrected chi connectivity index (χ1v) is 6.90. The van der Waals surface area contributed by atoms with Crippen molar-refractivity contribution < 1.29 is 19.7 Å². The molecule has 0 unspecified atom stereocenters. The maximum Gasteiger partial charge on any atom is 0.334 e. The molecule has 4 atom stereocenters. The van der Waals surface area contributed by atoms with Gasteiger partial charge in [-0.15, -0.1) is 0 Å². The van der Waals surface area contributed by atoms with Gasteiger partial charge in [-0.3, -0.25) is 0 Å². The molecule has 1 aliphatic heterocycles. The van der Waals surface area contributed by atoms with E-state index in [0.29, 0.717) is 18.4 Å². The van der Waals surface area contributed by atoms with Gasteiger partial charge in [0.2, 0.25) is 0 Å². The molecule has 2 N–H and O–H groups in total. The Kier molecular flexibility index (Phi) is 2.84. The fourth-order valence-corrected chi connectivity index (χ4v) is 3.99. The van der Waals surface area contributed by atoms with Crippen LogP contribution in [0.3, 0.4) is 0 Å². The molecule has 3 rings (SSSR count). The summed E-state index contributed by atoms with van der Waals surface area (Å²) in [5, 5.41) is 19.9. The Labute approximate surface area is 112 Å². The van der Waals surface area contributed by atoms with Crippen LogP contribution in [0.25, 0.3) is 0 Å². The summed E-state index contributed by atoms with van der Waals surface area (Å²) in [6, 6.07) is 0. The van der Waals surface area contributed by atoms with E-state index in [1.807, 2.05) is 6.92 Å². The molecular weight excluding hydrogens is 244 g/mol. The molecule has 0 bridgehead atoms. The molecule has 2 fully saturated rings. The molecule has 2 aliphatic carbocycles. The van der Waals surface area contributed by atoms with Crippen molar-refractivity contribution in [2.75, 3.05) is 6.61 Å². The Balaban J connectivity index is 2.10. The normalized spacial score (nSPS) is 41.9. The first-order chi connectivity index (χ1) is 8.99. The zero-order valence-electron chi connectivity index (χ0n) is 11.2. The number of carbonyl (C=O) groups excluding carboxylic acids is 1. The highest BCUT2D eigenvalue weighted by Crippen LogP contribution is 2.55. The Morgan fingerprint density at radius 1 is 1.47 bits per heavy atom. The SMILES string of the molecule is C=C1C(=O)O[C@@H]2C3=C(CO)CC[C@@H](O)[C@]3(C)CC[C@@H]12. The van der Waals surface area contributed by atoms with Gasteiger partial charge in [0.25, 0.3) is 0 Å². The summed E-state index contributed by atoms with van der Waals surface area (Å²) in [4.78, 5) is 11.7. The third-order valence-electron chi connectivity index (χ3n) is 5.21. The van der Waals surface area contributed by atoms with E-state index in [4.69, 9.17) is 4.74 Å². The van der Waals surface area contributed by atoms with Crippen molar-refractivity contribution >= 4 is 5.97 Å². The number of aliphatic hydroxyl groups is 2. The highest BCUT2D eigenvalue weighted by molar-refractivity contribution is 5.91. The Hall–Kier alpha value is -1.13. The van der Waals surface area contributed by atoms with Gasteiger partial charge in [-0.2, -0.15) is 0 Å². The number of ether oxygens (including phenoxy) is 1. The first-order valence-electron chi connectivity index (χ1n) is 6.90. The van der Waals surface area contributed by atoms with Gasteiger partial charge in [0, 0.05) is 16.9 Å². The van der Waals surface area contributed by atoms with Gasteiger partial charge >= 0.3 is 5.97 Å². The predicted octanol–water partition coefficient (Wildman–Crippen LogP) is 1.33. The van der Waals surface area contributed by atoms with E-state index >= 15 is 0 Å². The van der Waals surface area contributed by atoms with Crippen LogP contribution in [-0.4, -0.2) is 35.0 Å². The highest BCUT2D eigenvalue weighted by Gasteiger charge is 2.54. The minimum atomic E-state index is -0.425. The number of hydrogen-bond acceptors (Lipinski definition) is 4. The molecule has 0 aromatic heterocycles. The van der Waals surface area contributed by atoms with Crippen LogP contribution in [0, 0.1) is 11.3 Å². The lowest BCUT2D eigenvalue weighted by Gasteiger charge is -2.48. The second-order valence-electron chi connectivity index (χ2n) is 6.14. The quantitative estimate of drug-likeness (QED) is 0.426. The van der Waals surface area contributed by atoms with Gasteiger partial charge in [-0.1, -0.05) is 13.5 Å². The minimum absolute atomic E-state index is 0.0161. The Morgan fingerprint density at radius 2 is 2.21 bits per heavy atom. The summed E-state index contributed by atoms with van der Waals surface area (Å²) >= 11 is 0. The molecule has 0 spiro atoms. The van der Waals surface area contributed by atoms with Crippen LogP contribution in [0.2, 0.25) is 0 Å². The summed E-state index contributed by atoms with van der Waals surface area (Å²) in [6.07, 6.45) is 2.22. The second-order valence-corrected chi connectivity index (χ2v) is 6.14. The molecule has 1 saturated heterocycles. The average Bonchev–Trinajstić information content (AvgIpc) is 2.67. The summed E-state index contributed by atoms with van der Waals surface area (Å²) in [7, 11) is 0. The van der Waals surface area contributed by atoms with Gasteiger partial charge < -0.3 is 14.9 Å². The summed E-state index contributed by atoms with van der Waals surface area (Å²) in [6.45, 7) is 5.83. The number of hydrogen-bond donors (Lipinski definition) is 2. The molecular formula is C15H20O4. The van der Waals surface area contributed by atoms with Crippen molar-refractivity contribution in [3.05, 3.63) is 23.3 Å². The Bertz CT molecular complexity index is 479. The molecule has 1 heterocycles. The highest BCUT2D eigenvalue weighted by atomic mass is 16.6. The van der Waals surface area contributed by atoms with Crippen LogP contribution in [0.4, 0.5) is 0 Å². The lowest BCUT2D eigenvalue weighted by molar-refractivity contribution is -0.139. The van der Waals surface area contributed by atoms with E-state index in [2.05, 4.69) is 6.58 Å². The molecule has 0 aromatic rings. The molecule has 0 radical (unpaired) electrons. The number of aliphatic hydroxyl groups excluding tert-OH is 2. The zero-order valence-corrected chi connectivity index (χ0v) is 11.2. The molecule has 19 heavy (non-hydrogen) atoms. The van der Waals surface area contributed by atoms with Gasteiger partial charge in [-0.05, 0) is 36.8 Å². The van der Waals surface area contributed by atoms with Gasteiger partial charge in [0.15, 0.2) is 0 Å². The van der Waals surface area contributed by atoms with Gasteiger partial charge in [-0.25, -0.2) is 4.79 Å². The molecule has 3 aliphatic rings. The van der Waals surface area contributed by atoms with E-state index in [1.54, 1.807) is 0 Å². The molecule has 0 amide bonds. The van der Waals surface area contributed by atoms with Crippen molar-refractivity contribution in [2.45, 2.75) is 44.8 Å². The van der Waals surface area contributed by atoms with Crippen LogP contribution in [0.15, 0.2) is 23.3 Å². The third kappa shape index (κ3) is 1.63. The average molecular weight is 264 g/mol. The Morgan fingerprint density at radius 3 is 2.89 bits per heavy atom. The zero-order chi connectivity index (χ0) is 13.8. The van der Waals surface area contributed by atoms with Crippen molar-refractivity contribution in [3.63, 3.8) is 0 Å². The molecule has 0 aromatic carbocycles. The van der Waals surface area contributed by atoms with E-state index in [1.165, 1.54) is 0 Å². The van der Waals surface area contributed by atoms with Gasteiger partial charge in [0.1, 0.15) is 6.10 Å². The number of rotatable bonds is 1. The van der Waals surface area contributed by atoms with E-state index < -0.39 is 6.10 Å². The molecule has 104 valence electrons. The van der Waals surface area contributed by atoms with Crippen LogP contribution in [-0.2, 0) is 9.53 Å². The molecule has 4 heteroatoms. The minimum Gasteiger partial charge on any atom is -0.454 e. The smallest absolute Gasteiger partial charge is 0.334 e. The lowest BCUT2D eigenvalue weighted by atomic mass is 9.59. The lowest BCUT2D eigenvalue weighted by Crippen LogP contribution is -2.47. The molecule has 1 saturated carbocycles. The summed E-state index contributed by atoms with van der Waals surface area (Å²) in [5.41, 5.74) is 2.06. The largest absolute Gasteiger partial charge is 0.454 e. The van der Waals surface area contributed by atoms with Crippen LogP contribution >= 0.6 is 0 Å². The van der Waals surface area contributed by atoms with Crippen molar-refractivity contribution in [1.29, 1.82) is 0 Å². The summed E-state index contributed by atoms with van der Waals surface area (Å²) in [5.74, 6) is -0.313. The standard InChI is InChI=1S/C15H20O4/c1-8-10-5-6-15(2)11(17)4-3-9(7-16)12(15)13(10)19-14(8)18/h10-11,13,16-17H,1,3-7H2,2H3/t10-,11+,13-,15-/m0/s1. The van der Waals surface area contributed by atoms with E-state index in [0.717, 1.165) is 24.0 Å². The van der Waals surface area contributed by atoms with Crippen LogP contribution in [0.5, 0.6) is 0 Å². The van der Waals surface area contributed by atoms with E-state index in [9.17, 15) is 15.0 Å². The van der Waals surface area contributed by atoms with Crippen LogP contribution in [0.1, 0.15) is 32.6 Å². The third-order valence-corrected chi connectivity index (χ3v) is 5.21. The first kappa shape index (κ1) is 12.9. The van der Waals surface area contributed by atoms with Crippen molar-refractivity contribution in [1.82, 2.24) is 0 Å². The number of carbonyl (C=O) groups is 1. The van der Waals surface area contributed by atoms with Crippen molar-refractivity contribution in [2.24, 2.45) is 11.3 Å².